The van der Waals surface area contributed by atoms with Gasteiger partial charge in [0.15, 0.2) is 0 Å². The number of pyridine rings is 1. The van der Waals surface area contributed by atoms with E-state index in [1.54, 1.807) is 7.11 Å². The van der Waals surface area contributed by atoms with E-state index in [2.05, 4.69) is 45.0 Å². The predicted molar refractivity (Wildman–Crippen MR) is 92.6 cm³/mol. The molecule has 0 saturated heterocycles. The first kappa shape index (κ1) is 14.6. The van der Waals surface area contributed by atoms with Crippen molar-refractivity contribution in [2.24, 2.45) is 0 Å². The third kappa shape index (κ3) is 2.69. The summed E-state index contributed by atoms with van der Waals surface area (Å²) in [7, 11) is 1.69. The fourth-order valence-electron chi connectivity index (χ4n) is 2.96. The first-order valence-electron chi connectivity index (χ1n) is 7.67. The van der Waals surface area contributed by atoms with Gasteiger partial charge in [0.1, 0.15) is 5.75 Å². The number of nitrogens with zero attached hydrogens (tertiary/aromatic N) is 1. The SMILES string of the molecule is CCc1cc2cc(OC)ccc2nc1-c1cc(C)cc(C)c1. The fourth-order valence-corrected chi connectivity index (χ4v) is 2.96. The number of ether oxygens (including phenoxy) is 1. The molecule has 0 aliphatic rings. The molecular weight excluding hydrogens is 270 g/mol. The van der Waals surface area contributed by atoms with E-state index in [9.17, 15) is 0 Å². The number of hydrogen-bond acceptors (Lipinski definition) is 2. The minimum Gasteiger partial charge on any atom is -0.497 e. The first-order chi connectivity index (χ1) is 10.6. The molecule has 3 aromatic rings. The Hall–Kier alpha value is -2.35. The van der Waals surface area contributed by atoms with Gasteiger partial charge in [-0.1, -0.05) is 24.1 Å². The maximum absolute atomic E-state index is 5.31. The molecule has 112 valence electrons. The van der Waals surface area contributed by atoms with Crippen LogP contribution in [0.1, 0.15) is 23.6 Å². The second-order valence-corrected chi connectivity index (χ2v) is 5.78. The lowest BCUT2D eigenvalue weighted by Gasteiger charge is -2.12. The van der Waals surface area contributed by atoms with Crippen LogP contribution in [0.5, 0.6) is 5.75 Å². The molecule has 0 bridgehead atoms. The van der Waals surface area contributed by atoms with Crippen LogP contribution in [0, 0.1) is 13.8 Å². The zero-order valence-electron chi connectivity index (χ0n) is 13.6. The minimum absolute atomic E-state index is 0.871. The Bertz CT molecular complexity index is 816. The fraction of sp³-hybridized carbons (Fsp3) is 0.250. The smallest absolute Gasteiger partial charge is 0.119 e. The van der Waals surface area contributed by atoms with Crippen molar-refractivity contribution in [1.29, 1.82) is 0 Å². The molecule has 0 saturated carbocycles. The lowest BCUT2D eigenvalue weighted by molar-refractivity contribution is 0.415. The van der Waals surface area contributed by atoms with Gasteiger partial charge in [-0.3, -0.25) is 0 Å². The molecule has 0 N–H and O–H groups in total. The normalized spacial score (nSPS) is 10.9. The Balaban J connectivity index is 2.24. The van der Waals surface area contributed by atoms with Crippen molar-refractivity contribution in [2.75, 3.05) is 7.11 Å². The van der Waals surface area contributed by atoms with Crippen molar-refractivity contribution < 1.29 is 4.74 Å². The van der Waals surface area contributed by atoms with Crippen LogP contribution < -0.4 is 4.74 Å². The van der Waals surface area contributed by atoms with Gasteiger partial charge in [0, 0.05) is 10.9 Å². The summed E-state index contributed by atoms with van der Waals surface area (Å²) >= 11 is 0. The molecule has 2 heteroatoms. The summed E-state index contributed by atoms with van der Waals surface area (Å²) in [5.74, 6) is 0.871. The van der Waals surface area contributed by atoms with Gasteiger partial charge in [-0.25, -0.2) is 4.98 Å². The van der Waals surface area contributed by atoms with Gasteiger partial charge < -0.3 is 4.74 Å². The second kappa shape index (κ2) is 5.80. The standard InChI is InChI=1S/C20H21NO/c1-5-15-11-16-12-18(22-4)6-7-19(16)21-20(15)17-9-13(2)8-14(3)10-17/h6-12H,5H2,1-4H3. The zero-order valence-corrected chi connectivity index (χ0v) is 13.6. The van der Waals surface area contributed by atoms with E-state index in [0.29, 0.717) is 0 Å². The number of hydrogen-bond donors (Lipinski definition) is 0. The van der Waals surface area contributed by atoms with Crippen molar-refractivity contribution in [3.63, 3.8) is 0 Å². The molecule has 0 aliphatic carbocycles. The molecule has 1 heterocycles. The lowest BCUT2D eigenvalue weighted by Crippen LogP contribution is -1.95. The highest BCUT2D eigenvalue weighted by Gasteiger charge is 2.10. The van der Waals surface area contributed by atoms with E-state index in [4.69, 9.17) is 9.72 Å². The average molecular weight is 291 g/mol. The van der Waals surface area contributed by atoms with Crippen LogP contribution in [0.2, 0.25) is 0 Å². The van der Waals surface area contributed by atoms with Crippen molar-refractivity contribution in [1.82, 2.24) is 4.98 Å². The number of benzene rings is 2. The van der Waals surface area contributed by atoms with Gasteiger partial charge in [0.05, 0.1) is 18.3 Å². The van der Waals surface area contributed by atoms with Crippen molar-refractivity contribution >= 4 is 10.9 Å². The van der Waals surface area contributed by atoms with Crippen molar-refractivity contribution in [2.45, 2.75) is 27.2 Å². The zero-order chi connectivity index (χ0) is 15.7. The molecule has 2 aromatic carbocycles. The van der Waals surface area contributed by atoms with Gasteiger partial charge >= 0.3 is 0 Å². The highest BCUT2D eigenvalue weighted by Crippen LogP contribution is 2.29. The Kier molecular flexibility index (Phi) is 3.84. The Morgan fingerprint density at radius 1 is 0.955 bits per heavy atom. The third-order valence-corrected chi connectivity index (χ3v) is 3.98. The van der Waals surface area contributed by atoms with E-state index in [0.717, 1.165) is 28.8 Å². The van der Waals surface area contributed by atoms with Crippen LogP contribution in [0.4, 0.5) is 0 Å². The molecule has 0 radical (unpaired) electrons. The molecular formula is C20H21NO. The number of rotatable bonds is 3. The molecule has 0 atom stereocenters. The average Bonchev–Trinajstić information content (AvgIpc) is 2.52. The monoisotopic (exact) mass is 291 g/mol. The Morgan fingerprint density at radius 2 is 1.68 bits per heavy atom. The number of fused-ring (bicyclic) bond motifs is 1. The Morgan fingerprint density at radius 3 is 2.32 bits per heavy atom. The largest absolute Gasteiger partial charge is 0.497 e. The minimum atomic E-state index is 0.871. The number of aromatic nitrogens is 1. The predicted octanol–water partition coefficient (Wildman–Crippen LogP) is 5.09. The highest BCUT2D eigenvalue weighted by molar-refractivity contribution is 5.84. The maximum Gasteiger partial charge on any atom is 0.119 e. The van der Waals surface area contributed by atoms with Crippen LogP contribution in [-0.4, -0.2) is 12.1 Å². The number of aryl methyl sites for hydroxylation is 3. The Labute approximate surface area is 131 Å². The van der Waals surface area contributed by atoms with E-state index >= 15 is 0 Å². The van der Waals surface area contributed by atoms with Crippen molar-refractivity contribution in [3.05, 3.63) is 59.2 Å². The van der Waals surface area contributed by atoms with Crippen LogP contribution in [0.3, 0.4) is 0 Å². The van der Waals surface area contributed by atoms with E-state index in [-0.39, 0.29) is 0 Å². The number of methoxy groups -OCH3 is 1. The summed E-state index contributed by atoms with van der Waals surface area (Å²) in [6, 6.07) is 14.9. The van der Waals surface area contributed by atoms with Crippen LogP contribution in [-0.2, 0) is 6.42 Å². The summed E-state index contributed by atoms with van der Waals surface area (Å²) < 4.78 is 5.31. The first-order valence-corrected chi connectivity index (χ1v) is 7.67. The van der Waals surface area contributed by atoms with Gasteiger partial charge in [-0.15, -0.1) is 0 Å². The van der Waals surface area contributed by atoms with E-state index in [1.165, 1.54) is 22.3 Å². The molecule has 1 aromatic heterocycles. The summed E-state index contributed by atoms with van der Waals surface area (Å²) in [6.07, 6.45) is 0.961. The van der Waals surface area contributed by atoms with E-state index < -0.39 is 0 Å². The van der Waals surface area contributed by atoms with Crippen LogP contribution in [0.15, 0.2) is 42.5 Å². The summed E-state index contributed by atoms with van der Waals surface area (Å²) in [5, 5.41) is 1.13. The second-order valence-electron chi connectivity index (χ2n) is 5.78. The molecule has 0 fully saturated rings. The lowest BCUT2D eigenvalue weighted by atomic mass is 9.98. The topological polar surface area (TPSA) is 22.1 Å². The summed E-state index contributed by atoms with van der Waals surface area (Å²) in [4.78, 5) is 4.92. The van der Waals surface area contributed by atoms with Gasteiger partial charge in [-0.05, 0) is 62.2 Å². The molecule has 0 aliphatic heterocycles. The quantitative estimate of drug-likeness (QED) is 0.670. The molecule has 0 spiro atoms. The maximum atomic E-state index is 5.31. The molecule has 2 nitrogen and oxygen atoms in total. The molecule has 22 heavy (non-hydrogen) atoms. The van der Waals surface area contributed by atoms with E-state index in [1.807, 2.05) is 18.2 Å². The molecule has 3 rings (SSSR count). The van der Waals surface area contributed by atoms with Gasteiger partial charge in [0.2, 0.25) is 0 Å². The summed E-state index contributed by atoms with van der Waals surface area (Å²) in [5.41, 5.74) is 7.11. The summed E-state index contributed by atoms with van der Waals surface area (Å²) in [6.45, 7) is 6.44. The molecule has 0 amide bonds. The van der Waals surface area contributed by atoms with Crippen molar-refractivity contribution in [3.8, 4) is 17.0 Å². The van der Waals surface area contributed by atoms with Crippen LogP contribution in [0.25, 0.3) is 22.2 Å². The third-order valence-electron chi connectivity index (χ3n) is 3.98. The van der Waals surface area contributed by atoms with Crippen LogP contribution >= 0.6 is 0 Å². The molecule has 0 unspecified atom stereocenters. The van der Waals surface area contributed by atoms with Gasteiger partial charge in [0.25, 0.3) is 0 Å². The highest BCUT2D eigenvalue weighted by atomic mass is 16.5. The van der Waals surface area contributed by atoms with Gasteiger partial charge in [-0.2, -0.15) is 0 Å².